The predicted molar refractivity (Wildman–Crippen MR) is 51.3 cm³/mol. The Hall–Kier alpha value is -0.940. The fourth-order valence-corrected chi connectivity index (χ4v) is 2.28. The van der Waals surface area contributed by atoms with Crippen LogP contribution in [0.5, 0.6) is 0 Å². The minimum absolute atomic E-state index is 0.350. The van der Waals surface area contributed by atoms with E-state index in [0.29, 0.717) is 13.0 Å². The first-order valence-corrected chi connectivity index (χ1v) is 5.33. The van der Waals surface area contributed by atoms with Gasteiger partial charge in [0.1, 0.15) is 6.10 Å². The lowest BCUT2D eigenvalue weighted by atomic mass is 10.0. The molecule has 0 radical (unpaired) electrons. The maximum absolute atomic E-state index is 10.9. The van der Waals surface area contributed by atoms with Crippen LogP contribution in [-0.4, -0.2) is 22.7 Å². The number of nitrogens with zero attached hydrogens (tertiary/aromatic N) is 1. The lowest BCUT2D eigenvalue weighted by Crippen LogP contribution is -2.17. The lowest BCUT2D eigenvalue weighted by molar-refractivity contribution is -0.143. The Morgan fingerprint density at radius 3 is 3.14 bits per heavy atom. The van der Waals surface area contributed by atoms with Gasteiger partial charge in [-0.3, -0.25) is 4.79 Å². The Balaban J connectivity index is 2.21. The molecule has 76 valence electrons. The van der Waals surface area contributed by atoms with Gasteiger partial charge in [0.15, 0.2) is 0 Å². The van der Waals surface area contributed by atoms with Crippen molar-refractivity contribution < 1.29 is 14.6 Å². The highest BCUT2D eigenvalue weighted by Gasteiger charge is 2.36. The largest absolute Gasteiger partial charge is 0.481 e. The van der Waals surface area contributed by atoms with Gasteiger partial charge in [-0.1, -0.05) is 0 Å². The van der Waals surface area contributed by atoms with Gasteiger partial charge in [-0.15, -0.1) is 11.3 Å². The smallest absolute Gasteiger partial charge is 0.309 e. The Bertz CT molecular complexity index is 350. The van der Waals surface area contributed by atoms with Gasteiger partial charge in [0.2, 0.25) is 0 Å². The van der Waals surface area contributed by atoms with Gasteiger partial charge in [-0.2, -0.15) is 0 Å². The third-order valence-electron chi connectivity index (χ3n) is 2.34. The summed E-state index contributed by atoms with van der Waals surface area (Å²) in [7, 11) is 0. The molecular formula is C9H11NO3S. The van der Waals surface area contributed by atoms with E-state index >= 15 is 0 Å². The Morgan fingerprint density at radius 1 is 1.79 bits per heavy atom. The average molecular weight is 213 g/mol. The van der Waals surface area contributed by atoms with Crippen molar-refractivity contribution in [3.05, 3.63) is 16.1 Å². The van der Waals surface area contributed by atoms with Gasteiger partial charge in [0.05, 0.1) is 16.6 Å². The van der Waals surface area contributed by atoms with Crippen LogP contribution in [0.2, 0.25) is 0 Å². The summed E-state index contributed by atoms with van der Waals surface area (Å²) in [6.45, 7) is 2.41. The van der Waals surface area contributed by atoms with Gasteiger partial charge in [-0.25, -0.2) is 4.98 Å². The monoisotopic (exact) mass is 213 g/mol. The van der Waals surface area contributed by atoms with Crippen LogP contribution in [0.15, 0.2) is 5.38 Å². The van der Waals surface area contributed by atoms with Crippen molar-refractivity contribution in [2.45, 2.75) is 19.4 Å². The van der Waals surface area contributed by atoms with E-state index in [1.807, 2.05) is 12.3 Å². The zero-order chi connectivity index (χ0) is 10.1. The molecule has 1 aliphatic heterocycles. The molecule has 0 amide bonds. The highest BCUT2D eigenvalue weighted by molar-refractivity contribution is 7.09. The number of hydrogen-bond acceptors (Lipinski definition) is 4. The highest BCUT2D eigenvalue weighted by Crippen LogP contribution is 2.34. The Kier molecular flexibility index (Phi) is 2.52. The third kappa shape index (κ3) is 1.65. The minimum Gasteiger partial charge on any atom is -0.481 e. The van der Waals surface area contributed by atoms with Crippen LogP contribution in [0.3, 0.4) is 0 Å². The quantitative estimate of drug-likeness (QED) is 0.810. The normalized spacial score (nSPS) is 26.6. The summed E-state index contributed by atoms with van der Waals surface area (Å²) in [5.41, 5.74) is 0.761. The van der Waals surface area contributed by atoms with Crippen molar-refractivity contribution in [3.8, 4) is 0 Å². The molecule has 0 bridgehead atoms. The van der Waals surface area contributed by atoms with E-state index in [-0.39, 0.29) is 6.10 Å². The molecule has 1 aromatic heterocycles. The third-order valence-corrected chi connectivity index (χ3v) is 3.13. The van der Waals surface area contributed by atoms with E-state index in [1.54, 1.807) is 0 Å². The van der Waals surface area contributed by atoms with Crippen LogP contribution in [0.1, 0.15) is 23.2 Å². The van der Waals surface area contributed by atoms with Crippen molar-refractivity contribution in [2.24, 2.45) is 5.92 Å². The van der Waals surface area contributed by atoms with Crippen LogP contribution in [0.4, 0.5) is 0 Å². The Morgan fingerprint density at radius 2 is 2.57 bits per heavy atom. The van der Waals surface area contributed by atoms with E-state index in [1.165, 1.54) is 11.3 Å². The maximum atomic E-state index is 10.9. The Labute approximate surface area is 85.5 Å². The maximum Gasteiger partial charge on any atom is 0.309 e. The fraction of sp³-hybridized carbons (Fsp3) is 0.556. The molecule has 4 nitrogen and oxygen atoms in total. The molecule has 14 heavy (non-hydrogen) atoms. The molecule has 2 heterocycles. The summed E-state index contributed by atoms with van der Waals surface area (Å²) in [4.78, 5) is 15.1. The molecule has 0 aliphatic carbocycles. The zero-order valence-electron chi connectivity index (χ0n) is 7.77. The first-order valence-electron chi connectivity index (χ1n) is 4.45. The summed E-state index contributed by atoms with van der Waals surface area (Å²) in [5.74, 6) is -1.23. The van der Waals surface area contributed by atoms with Gasteiger partial charge < -0.3 is 9.84 Å². The second-order valence-electron chi connectivity index (χ2n) is 3.32. The van der Waals surface area contributed by atoms with E-state index in [0.717, 1.165) is 10.7 Å². The second-order valence-corrected chi connectivity index (χ2v) is 4.38. The number of aromatic nitrogens is 1. The van der Waals surface area contributed by atoms with E-state index in [2.05, 4.69) is 4.98 Å². The number of carbonyl (C=O) groups is 1. The molecule has 0 spiro atoms. The van der Waals surface area contributed by atoms with Crippen molar-refractivity contribution >= 4 is 17.3 Å². The molecule has 1 aromatic rings. The first kappa shape index (κ1) is 9.61. The van der Waals surface area contributed by atoms with Crippen LogP contribution in [0, 0.1) is 12.8 Å². The number of ether oxygens (including phenoxy) is 1. The lowest BCUT2D eigenvalue weighted by Gasteiger charge is -2.11. The molecule has 1 saturated heterocycles. The molecule has 5 heteroatoms. The van der Waals surface area contributed by atoms with Crippen LogP contribution in [0.25, 0.3) is 0 Å². The number of aliphatic carboxylic acids is 1. The summed E-state index contributed by atoms with van der Waals surface area (Å²) in [6, 6.07) is 0. The van der Waals surface area contributed by atoms with Gasteiger partial charge in [0.25, 0.3) is 0 Å². The predicted octanol–water partition coefficient (Wildman–Crippen LogP) is 1.61. The number of thiazole rings is 1. The van der Waals surface area contributed by atoms with E-state index in [9.17, 15) is 4.79 Å². The number of rotatable bonds is 2. The van der Waals surface area contributed by atoms with Gasteiger partial charge >= 0.3 is 5.97 Å². The SMILES string of the molecule is Cc1nc(C2OCCC2C(=O)O)cs1. The molecule has 0 aromatic carbocycles. The summed E-state index contributed by atoms with van der Waals surface area (Å²) in [5, 5.41) is 11.8. The molecule has 2 unspecified atom stereocenters. The molecule has 0 saturated carbocycles. The number of hydrogen-bond donors (Lipinski definition) is 1. The number of carboxylic acids is 1. The molecule has 1 fully saturated rings. The second kappa shape index (κ2) is 3.67. The van der Waals surface area contributed by atoms with Crippen LogP contribution >= 0.6 is 11.3 Å². The number of aryl methyl sites for hydroxylation is 1. The fourth-order valence-electron chi connectivity index (χ4n) is 1.64. The van der Waals surface area contributed by atoms with E-state index < -0.39 is 11.9 Å². The topological polar surface area (TPSA) is 59.4 Å². The van der Waals surface area contributed by atoms with Crippen molar-refractivity contribution in [3.63, 3.8) is 0 Å². The van der Waals surface area contributed by atoms with Crippen molar-refractivity contribution in [2.75, 3.05) is 6.61 Å². The zero-order valence-corrected chi connectivity index (χ0v) is 8.58. The molecule has 2 atom stereocenters. The van der Waals surface area contributed by atoms with E-state index in [4.69, 9.17) is 9.84 Å². The van der Waals surface area contributed by atoms with Crippen molar-refractivity contribution in [1.29, 1.82) is 0 Å². The molecule has 1 aliphatic rings. The highest BCUT2D eigenvalue weighted by atomic mass is 32.1. The summed E-state index contributed by atoms with van der Waals surface area (Å²) < 4.78 is 5.39. The number of carboxylic acid groups (broad SMARTS) is 1. The minimum atomic E-state index is -0.793. The summed E-state index contributed by atoms with van der Waals surface area (Å²) >= 11 is 1.52. The molecule has 2 rings (SSSR count). The molecular weight excluding hydrogens is 202 g/mol. The molecule has 1 N–H and O–H groups in total. The van der Waals surface area contributed by atoms with Gasteiger partial charge in [-0.05, 0) is 13.3 Å². The van der Waals surface area contributed by atoms with Crippen LogP contribution in [-0.2, 0) is 9.53 Å². The average Bonchev–Trinajstić information content (AvgIpc) is 2.70. The van der Waals surface area contributed by atoms with Crippen LogP contribution < -0.4 is 0 Å². The van der Waals surface area contributed by atoms with Gasteiger partial charge in [0, 0.05) is 12.0 Å². The standard InChI is InChI=1S/C9H11NO3S/c1-5-10-7(4-14-5)8-6(9(11)12)2-3-13-8/h4,6,8H,2-3H2,1H3,(H,11,12). The van der Waals surface area contributed by atoms with Crippen molar-refractivity contribution in [1.82, 2.24) is 4.98 Å². The first-order chi connectivity index (χ1) is 6.68. The summed E-state index contributed by atoms with van der Waals surface area (Å²) in [6.07, 6.45) is 0.230.